The van der Waals surface area contributed by atoms with Crippen molar-refractivity contribution in [1.82, 2.24) is 19.7 Å². The Bertz CT molecular complexity index is 629. The Kier molecular flexibility index (Phi) is 2.77. The molecule has 1 unspecified atom stereocenters. The molecule has 2 N–H and O–H groups in total. The predicted molar refractivity (Wildman–Crippen MR) is 74.2 cm³/mol. The van der Waals surface area contributed by atoms with Gasteiger partial charge in [-0.1, -0.05) is 6.92 Å². The number of hydrogen-bond donors (Lipinski definition) is 1. The third-order valence-corrected chi connectivity index (χ3v) is 3.76. The number of anilines is 1. The third-order valence-electron chi connectivity index (χ3n) is 3.76. The highest BCUT2D eigenvalue weighted by Gasteiger charge is 2.21. The summed E-state index contributed by atoms with van der Waals surface area (Å²) in [5.41, 5.74) is 10.3. The molecule has 1 aliphatic rings. The van der Waals surface area contributed by atoms with Crippen molar-refractivity contribution in [3.8, 4) is 5.95 Å². The van der Waals surface area contributed by atoms with Gasteiger partial charge in [0.1, 0.15) is 5.82 Å². The minimum absolute atomic E-state index is 0.584. The van der Waals surface area contributed by atoms with Crippen LogP contribution < -0.4 is 5.73 Å². The summed E-state index contributed by atoms with van der Waals surface area (Å²) >= 11 is 0. The smallest absolute Gasteiger partial charge is 0.252 e. The lowest BCUT2D eigenvalue weighted by Gasteiger charge is -2.22. The van der Waals surface area contributed by atoms with Gasteiger partial charge in [0, 0.05) is 17.5 Å². The summed E-state index contributed by atoms with van der Waals surface area (Å²) in [6.45, 7) is 6.25. The van der Waals surface area contributed by atoms with Gasteiger partial charge >= 0.3 is 0 Å². The average Bonchev–Trinajstić information content (AvgIpc) is 2.69. The molecule has 0 bridgehead atoms. The number of nitrogen functional groups attached to an aromatic ring is 1. The van der Waals surface area contributed by atoms with E-state index in [-0.39, 0.29) is 0 Å². The molecule has 2 aromatic heterocycles. The zero-order valence-electron chi connectivity index (χ0n) is 11.6. The minimum atomic E-state index is 0.584. The Labute approximate surface area is 112 Å². The van der Waals surface area contributed by atoms with Crippen LogP contribution in [0.2, 0.25) is 0 Å². The zero-order chi connectivity index (χ0) is 13.6. The van der Waals surface area contributed by atoms with Crippen LogP contribution in [0.1, 0.15) is 36.0 Å². The Hall–Kier alpha value is -1.91. The van der Waals surface area contributed by atoms with E-state index in [0.29, 0.717) is 11.8 Å². The maximum Gasteiger partial charge on any atom is 0.252 e. The molecular weight excluding hydrogens is 238 g/mol. The van der Waals surface area contributed by atoms with Gasteiger partial charge in [-0.15, -0.1) is 0 Å². The van der Waals surface area contributed by atoms with Crippen molar-refractivity contribution in [3.63, 3.8) is 0 Å². The van der Waals surface area contributed by atoms with Crippen LogP contribution in [0.4, 0.5) is 5.82 Å². The highest BCUT2D eigenvalue weighted by atomic mass is 15.4. The number of fused-ring (bicyclic) bond motifs is 1. The molecule has 1 aliphatic carbocycles. The largest absolute Gasteiger partial charge is 0.383 e. The van der Waals surface area contributed by atoms with E-state index in [0.717, 1.165) is 35.8 Å². The second-order valence-electron chi connectivity index (χ2n) is 5.50. The average molecular weight is 257 g/mol. The fraction of sp³-hybridized carbons (Fsp3) is 0.500. The van der Waals surface area contributed by atoms with Crippen LogP contribution in [0.5, 0.6) is 0 Å². The number of aromatic nitrogens is 4. The normalized spacial score (nSPS) is 18.4. The number of nitrogens with zero attached hydrogens (tertiary/aromatic N) is 4. The van der Waals surface area contributed by atoms with Crippen LogP contribution in [0, 0.1) is 19.8 Å². The van der Waals surface area contributed by atoms with Gasteiger partial charge in [-0.05, 0) is 44.6 Å². The van der Waals surface area contributed by atoms with E-state index in [1.54, 1.807) is 4.68 Å². The highest BCUT2D eigenvalue weighted by Crippen LogP contribution is 2.26. The van der Waals surface area contributed by atoms with Crippen LogP contribution >= 0.6 is 0 Å². The molecule has 2 heterocycles. The maximum absolute atomic E-state index is 5.94. The first kappa shape index (κ1) is 12.1. The van der Waals surface area contributed by atoms with Crippen molar-refractivity contribution in [3.05, 3.63) is 28.7 Å². The van der Waals surface area contributed by atoms with Crippen molar-refractivity contribution in [1.29, 1.82) is 0 Å². The van der Waals surface area contributed by atoms with Gasteiger partial charge in [0.25, 0.3) is 5.95 Å². The van der Waals surface area contributed by atoms with E-state index in [1.807, 2.05) is 13.0 Å². The molecule has 0 spiro atoms. The third kappa shape index (κ3) is 2.09. The quantitative estimate of drug-likeness (QED) is 0.848. The van der Waals surface area contributed by atoms with E-state index in [1.165, 1.54) is 12.0 Å². The summed E-state index contributed by atoms with van der Waals surface area (Å²) in [7, 11) is 0. The Morgan fingerprint density at radius 1 is 1.32 bits per heavy atom. The van der Waals surface area contributed by atoms with Crippen LogP contribution in [0.15, 0.2) is 6.07 Å². The maximum atomic E-state index is 5.94. The number of aryl methyl sites for hydroxylation is 3. The van der Waals surface area contributed by atoms with E-state index in [9.17, 15) is 0 Å². The van der Waals surface area contributed by atoms with Crippen LogP contribution in [0.3, 0.4) is 0 Å². The molecule has 2 aromatic rings. The van der Waals surface area contributed by atoms with Gasteiger partial charge < -0.3 is 5.73 Å². The van der Waals surface area contributed by atoms with Crippen molar-refractivity contribution < 1.29 is 0 Å². The molecule has 0 saturated carbocycles. The van der Waals surface area contributed by atoms with Gasteiger partial charge in [-0.25, -0.2) is 9.97 Å². The molecule has 19 heavy (non-hydrogen) atoms. The molecular formula is C14H19N5. The summed E-state index contributed by atoms with van der Waals surface area (Å²) < 4.78 is 1.63. The molecule has 5 heteroatoms. The Morgan fingerprint density at radius 3 is 2.79 bits per heavy atom. The van der Waals surface area contributed by atoms with Crippen LogP contribution in [-0.4, -0.2) is 19.7 Å². The van der Waals surface area contributed by atoms with E-state index in [2.05, 4.69) is 28.9 Å². The molecule has 1 atom stereocenters. The van der Waals surface area contributed by atoms with Gasteiger partial charge in [-0.2, -0.15) is 9.78 Å². The molecule has 0 aromatic carbocycles. The van der Waals surface area contributed by atoms with Gasteiger partial charge in [-0.3, -0.25) is 0 Å². The summed E-state index contributed by atoms with van der Waals surface area (Å²) in [5, 5.41) is 4.35. The first-order chi connectivity index (χ1) is 9.04. The summed E-state index contributed by atoms with van der Waals surface area (Å²) in [4.78, 5) is 9.24. The molecule has 0 aliphatic heterocycles. The van der Waals surface area contributed by atoms with E-state index < -0.39 is 0 Å². The summed E-state index contributed by atoms with van der Waals surface area (Å²) in [6.07, 6.45) is 3.29. The second-order valence-corrected chi connectivity index (χ2v) is 5.50. The molecule has 0 fully saturated rings. The first-order valence-corrected chi connectivity index (χ1v) is 6.73. The highest BCUT2D eigenvalue weighted by molar-refractivity contribution is 5.39. The van der Waals surface area contributed by atoms with Gasteiger partial charge in [0.15, 0.2) is 0 Å². The lowest BCUT2D eigenvalue weighted by atomic mass is 9.87. The second kappa shape index (κ2) is 4.33. The van der Waals surface area contributed by atoms with Crippen molar-refractivity contribution >= 4 is 5.82 Å². The monoisotopic (exact) mass is 257 g/mol. The molecule has 0 amide bonds. The topological polar surface area (TPSA) is 69.6 Å². The summed E-state index contributed by atoms with van der Waals surface area (Å²) in [6, 6.07) is 1.83. The minimum Gasteiger partial charge on any atom is -0.383 e. The van der Waals surface area contributed by atoms with Crippen molar-refractivity contribution in [2.75, 3.05) is 5.73 Å². The fourth-order valence-electron chi connectivity index (χ4n) is 2.72. The van der Waals surface area contributed by atoms with Crippen molar-refractivity contribution in [2.24, 2.45) is 5.92 Å². The van der Waals surface area contributed by atoms with E-state index >= 15 is 0 Å². The lowest BCUT2D eigenvalue weighted by molar-refractivity contribution is 0.488. The lowest BCUT2D eigenvalue weighted by Crippen LogP contribution is -2.18. The summed E-state index contributed by atoms with van der Waals surface area (Å²) in [5.74, 6) is 1.90. The molecule has 5 nitrogen and oxygen atoms in total. The Balaban J connectivity index is 2.10. The molecule has 100 valence electrons. The Morgan fingerprint density at radius 2 is 2.11 bits per heavy atom. The standard InChI is InChI=1S/C14H19N5/c1-8-4-5-12-11(6-8)10(3)16-14(17-12)19-13(15)7-9(2)18-19/h7-8H,4-6,15H2,1-3H3. The number of nitrogens with two attached hydrogens (primary N) is 1. The molecule has 3 rings (SSSR count). The fourth-order valence-corrected chi connectivity index (χ4v) is 2.72. The number of rotatable bonds is 1. The van der Waals surface area contributed by atoms with Crippen LogP contribution in [0.25, 0.3) is 5.95 Å². The molecule has 0 radical (unpaired) electrons. The van der Waals surface area contributed by atoms with Crippen molar-refractivity contribution in [2.45, 2.75) is 40.0 Å². The van der Waals surface area contributed by atoms with Crippen LogP contribution in [-0.2, 0) is 12.8 Å². The van der Waals surface area contributed by atoms with Gasteiger partial charge in [0.2, 0.25) is 0 Å². The molecule has 0 saturated heterocycles. The first-order valence-electron chi connectivity index (χ1n) is 6.73. The zero-order valence-corrected chi connectivity index (χ0v) is 11.6. The van der Waals surface area contributed by atoms with Gasteiger partial charge in [0.05, 0.1) is 5.69 Å². The van der Waals surface area contributed by atoms with E-state index in [4.69, 9.17) is 5.73 Å². The SMILES string of the molecule is Cc1cc(N)n(-c2nc(C)c3c(n2)CCC(C)C3)n1. The predicted octanol–water partition coefficient (Wildman–Crippen LogP) is 1.99. The number of hydrogen-bond acceptors (Lipinski definition) is 4.